The number of hydrogen-bond acceptors (Lipinski definition) is 6. The third-order valence-electron chi connectivity index (χ3n) is 2.84. The van der Waals surface area contributed by atoms with Crippen LogP contribution in [0.4, 0.5) is 11.6 Å². The summed E-state index contributed by atoms with van der Waals surface area (Å²) >= 11 is 0. The Morgan fingerprint density at radius 2 is 2.00 bits per heavy atom. The topological polar surface area (TPSA) is 88.8 Å². The third kappa shape index (κ3) is 3.89. The fraction of sp³-hybridized carbons (Fsp3) is 0.357. The van der Waals surface area contributed by atoms with Gasteiger partial charge in [0, 0.05) is 30.9 Å². The first-order valence-electron chi connectivity index (χ1n) is 6.71. The van der Waals surface area contributed by atoms with E-state index in [-0.39, 0.29) is 0 Å². The second-order valence-electron chi connectivity index (χ2n) is 4.61. The van der Waals surface area contributed by atoms with Crippen LogP contribution in [-0.2, 0) is 13.0 Å². The lowest BCUT2D eigenvalue weighted by Crippen LogP contribution is -2.12. The maximum atomic E-state index is 5.43. The predicted molar refractivity (Wildman–Crippen MR) is 80.1 cm³/mol. The van der Waals surface area contributed by atoms with Crippen molar-refractivity contribution >= 4 is 11.6 Å². The molecular weight excluding hydrogens is 252 g/mol. The van der Waals surface area contributed by atoms with Crippen LogP contribution in [0.15, 0.2) is 24.4 Å². The summed E-state index contributed by atoms with van der Waals surface area (Å²) in [5.74, 6) is 7.59. The zero-order valence-electron chi connectivity index (χ0n) is 11.8. The number of nitrogen functional groups attached to an aromatic ring is 1. The van der Waals surface area contributed by atoms with Crippen LogP contribution < -0.4 is 16.6 Å². The normalized spacial score (nSPS) is 10.3. The molecule has 6 nitrogen and oxygen atoms in total. The molecule has 0 aliphatic rings. The lowest BCUT2D eigenvalue weighted by molar-refractivity contribution is 0.834. The van der Waals surface area contributed by atoms with Crippen molar-refractivity contribution in [1.29, 1.82) is 0 Å². The summed E-state index contributed by atoms with van der Waals surface area (Å²) in [5.41, 5.74) is 4.68. The molecule has 0 atom stereocenters. The Bertz CT molecular complexity index is 552. The van der Waals surface area contributed by atoms with E-state index in [2.05, 4.69) is 32.6 Å². The summed E-state index contributed by atoms with van der Waals surface area (Å²) in [5, 5.41) is 3.27. The van der Waals surface area contributed by atoms with Gasteiger partial charge in [0.15, 0.2) is 0 Å². The van der Waals surface area contributed by atoms with Crippen molar-refractivity contribution < 1.29 is 0 Å². The highest BCUT2D eigenvalue weighted by Crippen LogP contribution is 2.12. The van der Waals surface area contributed by atoms with E-state index >= 15 is 0 Å². The van der Waals surface area contributed by atoms with E-state index in [0.717, 1.165) is 35.7 Å². The number of hydrogen-bond donors (Lipinski definition) is 3. The maximum Gasteiger partial charge on any atom is 0.145 e. The van der Waals surface area contributed by atoms with Crippen LogP contribution in [0, 0.1) is 6.92 Å². The second-order valence-corrected chi connectivity index (χ2v) is 4.61. The minimum atomic E-state index is 0.619. The van der Waals surface area contributed by atoms with E-state index in [1.54, 1.807) is 6.07 Å². The number of aromatic nitrogens is 3. The van der Waals surface area contributed by atoms with Crippen LogP contribution in [0.1, 0.15) is 30.4 Å². The van der Waals surface area contributed by atoms with Crippen molar-refractivity contribution in [3.05, 3.63) is 41.5 Å². The fourth-order valence-corrected chi connectivity index (χ4v) is 1.79. The Morgan fingerprint density at radius 1 is 1.20 bits per heavy atom. The highest BCUT2D eigenvalue weighted by atomic mass is 15.3. The monoisotopic (exact) mass is 272 g/mol. The van der Waals surface area contributed by atoms with E-state index in [0.29, 0.717) is 12.4 Å². The summed E-state index contributed by atoms with van der Waals surface area (Å²) in [6, 6.07) is 5.83. The highest BCUT2D eigenvalue weighted by Gasteiger charge is 2.03. The van der Waals surface area contributed by atoms with Gasteiger partial charge in [-0.05, 0) is 25.0 Å². The van der Waals surface area contributed by atoms with Gasteiger partial charge in [-0.2, -0.15) is 0 Å². The fourth-order valence-electron chi connectivity index (χ4n) is 1.79. The molecule has 0 saturated heterocycles. The Morgan fingerprint density at radius 3 is 2.65 bits per heavy atom. The number of hydrazine groups is 1. The molecule has 0 amide bonds. The summed E-state index contributed by atoms with van der Waals surface area (Å²) < 4.78 is 0. The Balaban J connectivity index is 2.07. The number of anilines is 2. The van der Waals surface area contributed by atoms with Gasteiger partial charge >= 0.3 is 0 Å². The van der Waals surface area contributed by atoms with Crippen LogP contribution in [0.2, 0.25) is 0 Å². The standard InChI is InChI=1S/C14H20N6/c1-3-4-12-18-13(7-14(19-12)20-15)17-9-11-6-5-10(2)16-8-11/h5-8H,3-4,9,15H2,1-2H3,(H2,17,18,19,20). The van der Waals surface area contributed by atoms with E-state index in [1.807, 2.05) is 25.3 Å². The molecule has 0 bridgehead atoms. The summed E-state index contributed by atoms with van der Waals surface area (Å²) in [4.78, 5) is 13.0. The van der Waals surface area contributed by atoms with Gasteiger partial charge in [-0.3, -0.25) is 4.98 Å². The average molecular weight is 272 g/mol. The van der Waals surface area contributed by atoms with Gasteiger partial charge in [0.2, 0.25) is 0 Å². The van der Waals surface area contributed by atoms with E-state index in [9.17, 15) is 0 Å². The molecule has 2 rings (SSSR count). The molecule has 2 aromatic rings. The van der Waals surface area contributed by atoms with Gasteiger partial charge < -0.3 is 10.7 Å². The largest absolute Gasteiger partial charge is 0.366 e. The number of nitrogens with one attached hydrogen (secondary N) is 2. The first-order valence-corrected chi connectivity index (χ1v) is 6.71. The lowest BCUT2D eigenvalue weighted by Gasteiger charge is -2.09. The summed E-state index contributed by atoms with van der Waals surface area (Å²) in [6.07, 6.45) is 3.68. The highest BCUT2D eigenvalue weighted by molar-refractivity contribution is 5.47. The number of nitrogens with zero attached hydrogens (tertiary/aromatic N) is 3. The zero-order chi connectivity index (χ0) is 14.4. The van der Waals surface area contributed by atoms with E-state index < -0.39 is 0 Å². The Hall–Kier alpha value is -2.21. The molecule has 106 valence electrons. The number of rotatable bonds is 6. The quantitative estimate of drug-likeness (QED) is 0.551. The van der Waals surface area contributed by atoms with Crippen LogP contribution >= 0.6 is 0 Å². The third-order valence-corrected chi connectivity index (χ3v) is 2.84. The average Bonchev–Trinajstić information content (AvgIpc) is 2.47. The minimum Gasteiger partial charge on any atom is -0.366 e. The van der Waals surface area contributed by atoms with Gasteiger partial charge in [0.25, 0.3) is 0 Å². The first kappa shape index (κ1) is 14.2. The van der Waals surface area contributed by atoms with Crippen molar-refractivity contribution in [2.24, 2.45) is 5.84 Å². The van der Waals surface area contributed by atoms with Crippen LogP contribution in [-0.4, -0.2) is 15.0 Å². The molecule has 0 radical (unpaired) electrons. The molecule has 4 N–H and O–H groups in total. The van der Waals surface area contributed by atoms with Gasteiger partial charge in [0.05, 0.1) is 0 Å². The number of aryl methyl sites for hydroxylation is 2. The van der Waals surface area contributed by atoms with Crippen molar-refractivity contribution in [2.75, 3.05) is 10.7 Å². The smallest absolute Gasteiger partial charge is 0.145 e. The van der Waals surface area contributed by atoms with Crippen LogP contribution in [0.3, 0.4) is 0 Å². The van der Waals surface area contributed by atoms with E-state index in [4.69, 9.17) is 5.84 Å². The molecule has 0 aliphatic carbocycles. The lowest BCUT2D eigenvalue weighted by atomic mass is 10.2. The predicted octanol–water partition coefficient (Wildman–Crippen LogP) is 2.03. The maximum absolute atomic E-state index is 5.43. The zero-order valence-corrected chi connectivity index (χ0v) is 11.8. The summed E-state index contributed by atoms with van der Waals surface area (Å²) in [6.45, 7) is 4.73. The molecule has 6 heteroatoms. The van der Waals surface area contributed by atoms with E-state index in [1.165, 1.54) is 0 Å². The van der Waals surface area contributed by atoms with Crippen molar-refractivity contribution in [1.82, 2.24) is 15.0 Å². The molecule has 0 fully saturated rings. The van der Waals surface area contributed by atoms with Gasteiger partial charge in [0.1, 0.15) is 17.5 Å². The summed E-state index contributed by atoms with van der Waals surface area (Å²) in [7, 11) is 0. The Kier molecular flexibility index (Phi) is 4.84. The van der Waals surface area contributed by atoms with Gasteiger partial charge in [-0.25, -0.2) is 15.8 Å². The molecule has 0 aliphatic heterocycles. The minimum absolute atomic E-state index is 0.619. The molecule has 20 heavy (non-hydrogen) atoms. The first-order chi connectivity index (χ1) is 9.71. The molecule has 2 aromatic heterocycles. The van der Waals surface area contributed by atoms with Crippen molar-refractivity contribution in [3.63, 3.8) is 0 Å². The Labute approximate surface area is 118 Å². The SMILES string of the molecule is CCCc1nc(NN)cc(NCc2ccc(C)nc2)n1. The number of nitrogens with two attached hydrogens (primary N) is 1. The molecule has 0 aromatic carbocycles. The van der Waals surface area contributed by atoms with Crippen LogP contribution in [0.5, 0.6) is 0 Å². The van der Waals surface area contributed by atoms with Crippen LogP contribution in [0.25, 0.3) is 0 Å². The van der Waals surface area contributed by atoms with Crippen molar-refractivity contribution in [3.8, 4) is 0 Å². The molecule has 0 spiro atoms. The molecule has 2 heterocycles. The molecule has 0 saturated carbocycles. The van der Waals surface area contributed by atoms with Gasteiger partial charge in [-0.15, -0.1) is 0 Å². The second kappa shape index (κ2) is 6.81. The van der Waals surface area contributed by atoms with Gasteiger partial charge in [-0.1, -0.05) is 13.0 Å². The van der Waals surface area contributed by atoms with Crippen molar-refractivity contribution in [2.45, 2.75) is 33.2 Å². The number of pyridine rings is 1. The molecular formula is C14H20N6. The molecule has 0 unspecified atom stereocenters.